The standard InChI is InChI=1S/C12H21F3N2O2/c1-11(2,3)19-7-10(18)17-8-4-5-9(16-6-8)12(13,14)15/h8-9,16H,4-7H2,1-3H3,(H,17,18). The van der Waals surface area contributed by atoms with Crippen LogP contribution in [-0.2, 0) is 9.53 Å². The Balaban J connectivity index is 2.28. The summed E-state index contributed by atoms with van der Waals surface area (Å²) in [6.45, 7) is 5.54. The number of amides is 1. The van der Waals surface area contributed by atoms with Crippen molar-refractivity contribution < 1.29 is 22.7 Å². The second-order valence-corrected chi connectivity index (χ2v) is 5.75. The molecule has 2 unspecified atom stereocenters. The fraction of sp³-hybridized carbons (Fsp3) is 0.917. The van der Waals surface area contributed by atoms with Crippen LogP contribution < -0.4 is 10.6 Å². The van der Waals surface area contributed by atoms with Gasteiger partial charge in [-0.05, 0) is 33.6 Å². The highest BCUT2D eigenvalue weighted by Crippen LogP contribution is 2.26. The van der Waals surface area contributed by atoms with Gasteiger partial charge in [-0.15, -0.1) is 0 Å². The van der Waals surface area contributed by atoms with Crippen LogP contribution in [0.25, 0.3) is 0 Å². The van der Waals surface area contributed by atoms with E-state index in [1.807, 2.05) is 20.8 Å². The number of hydrogen-bond donors (Lipinski definition) is 2. The molecule has 0 aromatic carbocycles. The zero-order valence-corrected chi connectivity index (χ0v) is 11.4. The highest BCUT2D eigenvalue weighted by Gasteiger charge is 2.41. The Labute approximate surface area is 111 Å². The first-order valence-corrected chi connectivity index (χ1v) is 6.31. The minimum absolute atomic E-state index is 0.0193. The molecule has 1 aliphatic heterocycles. The highest BCUT2D eigenvalue weighted by molar-refractivity contribution is 5.77. The largest absolute Gasteiger partial charge is 0.403 e. The molecule has 1 amide bonds. The van der Waals surface area contributed by atoms with Gasteiger partial charge in [0.2, 0.25) is 5.91 Å². The highest BCUT2D eigenvalue weighted by atomic mass is 19.4. The molecule has 1 rings (SSSR count). The van der Waals surface area contributed by atoms with E-state index in [0.29, 0.717) is 6.42 Å². The van der Waals surface area contributed by atoms with Crippen molar-refractivity contribution in [2.75, 3.05) is 13.2 Å². The lowest BCUT2D eigenvalue weighted by Gasteiger charge is -2.31. The van der Waals surface area contributed by atoms with Crippen molar-refractivity contribution in [2.45, 2.75) is 57.5 Å². The maximum atomic E-state index is 12.4. The summed E-state index contributed by atoms with van der Waals surface area (Å²) in [4.78, 5) is 11.6. The maximum Gasteiger partial charge on any atom is 0.403 e. The smallest absolute Gasteiger partial charge is 0.366 e. The van der Waals surface area contributed by atoms with E-state index < -0.39 is 17.8 Å². The Hall–Kier alpha value is -0.820. The maximum absolute atomic E-state index is 12.4. The van der Waals surface area contributed by atoms with Crippen LogP contribution in [0.1, 0.15) is 33.6 Å². The zero-order chi connectivity index (χ0) is 14.7. The minimum atomic E-state index is -4.22. The summed E-state index contributed by atoms with van der Waals surface area (Å²) in [5, 5.41) is 5.08. The van der Waals surface area contributed by atoms with Crippen LogP contribution in [0.3, 0.4) is 0 Å². The van der Waals surface area contributed by atoms with E-state index in [0.717, 1.165) is 0 Å². The minimum Gasteiger partial charge on any atom is -0.366 e. The van der Waals surface area contributed by atoms with Gasteiger partial charge < -0.3 is 15.4 Å². The molecular formula is C12H21F3N2O2. The van der Waals surface area contributed by atoms with E-state index in [4.69, 9.17) is 4.74 Å². The van der Waals surface area contributed by atoms with E-state index in [2.05, 4.69) is 10.6 Å². The van der Waals surface area contributed by atoms with E-state index in [1.54, 1.807) is 0 Å². The molecule has 7 heteroatoms. The monoisotopic (exact) mass is 282 g/mol. The third kappa shape index (κ3) is 6.24. The number of carbonyl (C=O) groups excluding carboxylic acids is 1. The average molecular weight is 282 g/mol. The van der Waals surface area contributed by atoms with Crippen LogP contribution in [0.4, 0.5) is 13.2 Å². The molecule has 1 fully saturated rings. The molecule has 19 heavy (non-hydrogen) atoms. The van der Waals surface area contributed by atoms with Crippen LogP contribution in [-0.4, -0.2) is 42.9 Å². The molecule has 0 saturated carbocycles. The van der Waals surface area contributed by atoms with Crippen LogP contribution in [0.15, 0.2) is 0 Å². The van der Waals surface area contributed by atoms with Gasteiger partial charge >= 0.3 is 6.18 Å². The summed E-state index contributed by atoms with van der Waals surface area (Å²) in [6, 6.07) is -1.74. The molecule has 1 heterocycles. The molecule has 0 radical (unpaired) electrons. The predicted molar refractivity (Wildman–Crippen MR) is 64.7 cm³/mol. The first-order chi connectivity index (χ1) is 8.58. The molecule has 0 bridgehead atoms. The number of hydrogen-bond acceptors (Lipinski definition) is 3. The van der Waals surface area contributed by atoms with Crippen LogP contribution >= 0.6 is 0 Å². The Bertz CT molecular complexity index is 305. The summed E-state index contributed by atoms with van der Waals surface area (Å²) < 4.78 is 42.5. The number of carbonyl (C=O) groups is 1. The predicted octanol–water partition coefficient (Wildman–Crippen LogP) is 1.60. The normalized spacial score (nSPS) is 25.2. The van der Waals surface area contributed by atoms with Gasteiger partial charge in [-0.2, -0.15) is 13.2 Å². The fourth-order valence-electron chi connectivity index (χ4n) is 1.81. The van der Waals surface area contributed by atoms with Crippen molar-refractivity contribution >= 4 is 5.91 Å². The third-order valence-electron chi connectivity index (χ3n) is 2.81. The van der Waals surface area contributed by atoms with Crippen molar-refractivity contribution in [2.24, 2.45) is 0 Å². The van der Waals surface area contributed by atoms with Crippen LogP contribution in [0, 0.1) is 0 Å². The summed E-state index contributed by atoms with van der Waals surface area (Å²) in [7, 11) is 0. The van der Waals surface area contributed by atoms with Crippen LogP contribution in [0.5, 0.6) is 0 Å². The summed E-state index contributed by atoms with van der Waals surface area (Å²) in [6.07, 6.45) is -3.92. The fourth-order valence-corrected chi connectivity index (χ4v) is 1.81. The van der Waals surface area contributed by atoms with Gasteiger partial charge in [-0.1, -0.05) is 0 Å². The first-order valence-electron chi connectivity index (χ1n) is 6.31. The van der Waals surface area contributed by atoms with E-state index in [9.17, 15) is 18.0 Å². The van der Waals surface area contributed by atoms with E-state index in [1.165, 1.54) is 0 Å². The molecule has 0 aromatic rings. The molecule has 0 aromatic heterocycles. The summed E-state index contributed by atoms with van der Waals surface area (Å²) >= 11 is 0. The number of rotatable bonds is 3. The SMILES string of the molecule is CC(C)(C)OCC(=O)NC1CCC(C(F)(F)F)NC1. The molecule has 2 atom stereocenters. The average Bonchev–Trinajstić information content (AvgIpc) is 2.25. The van der Waals surface area contributed by atoms with E-state index >= 15 is 0 Å². The molecule has 1 saturated heterocycles. The Morgan fingerprint density at radius 2 is 1.95 bits per heavy atom. The Morgan fingerprint density at radius 3 is 2.37 bits per heavy atom. The number of ether oxygens (including phenoxy) is 1. The number of piperidine rings is 1. The van der Waals surface area contributed by atoms with Crippen LogP contribution in [0.2, 0.25) is 0 Å². The van der Waals surface area contributed by atoms with Gasteiger partial charge in [0.1, 0.15) is 12.6 Å². The Morgan fingerprint density at radius 1 is 1.32 bits per heavy atom. The van der Waals surface area contributed by atoms with Gasteiger partial charge in [0.15, 0.2) is 0 Å². The lowest BCUT2D eigenvalue weighted by molar-refractivity contribution is -0.161. The topological polar surface area (TPSA) is 50.4 Å². The summed E-state index contributed by atoms with van der Waals surface area (Å²) in [5.74, 6) is -0.299. The summed E-state index contributed by atoms with van der Waals surface area (Å²) in [5.41, 5.74) is -0.413. The molecule has 1 aliphatic rings. The number of nitrogens with one attached hydrogen (secondary N) is 2. The molecule has 2 N–H and O–H groups in total. The molecule has 0 spiro atoms. The van der Waals surface area contributed by atoms with Gasteiger partial charge in [0, 0.05) is 12.6 Å². The van der Waals surface area contributed by atoms with Gasteiger partial charge in [-0.3, -0.25) is 4.79 Å². The van der Waals surface area contributed by atoms with E-state index in [-0.39, 0.29) is 31.5 Å². The van der Waals surface area contributed by atoms with Gasteiger partial charge in [0.25, 0.3) is 0 Å². The quantitative estimate of drug-likeness (QED) is 0.826. The van der Waals surface area contributed by atoms with Gasteiger partial charge in [-0.25, -0.2) is 0 Å². The molecule has 4 nitrogen and oxygen atoms in total. The molecular weight excluding hydrogens is 261 g/mol. The van der Waals surface area contributed by atoms with Gasteiger partial charge in [0.05, 0.1) is 5.60 Å². The van der Waals surface area contributed by atoms with Crippen molar-refractivity contribution in [1.29, 1.82) is 0 Å². The second kappa shape index (κ2) is 6.09. The number of alkyl halides is 3. The third-order valence-corrected chi connectivity index (χ3v) is 2.81. The second-order valence-electron chi connectivity index (χ2n) is 5.75. The van der Waals surface area contributed by atoms with Crippen molar-refractivity contribution in [3.05, 3.63) is 0 Å². The van der Waals surface area contributed by atoms with Crippen molar-refractivity contribution in [3.63, 3.8) is 0 Å². The zero-order valence-electron chi connectivity index (χ0n) is 11.4. The Kier molecular flexibility index (Phi) is 5.20. The molecule has 112 valence electrons. The lowest BCUT2D eigenvalue weighted by atomic mass is 10.0. The molecule has 0 aliphatic carbocycles. The first kappa shape index (κ1) is 16.2. The van der Waals surface area contributed by atoms with Crippen molar-refractivity contribution in [3.8, 4) is 0 Å². The van der Waals surface area contributed by atoms with Crippen molar-refractivity contribution in [1.82, 2.24) is 10.6 Å². The number of halogens is 3. The lowest BCUT2D eigenvalue weighted by Crippen LogP contribution is -2.54.